The van der Waals surface area contributed by atoms with Crippen molar-refractivity contribution < 1.29 is 4.79 Å². The molecule has 0 radical (unpaired) electrons. The molecular weight excluding hydrogens is 390 g/mol. The molecule has 3 heterocycles. The first-order valence-electron chi connectivity index (χ1n) is 10.7. The highest BCUT2D eigenvalue weighted by Gasteiger charge is 2.25. The highest BCUT2D eigenvalue weighted by atomic mass is 32.1. The van der Waals surface area contributed by atoms with Crippen molar-refractivity contribution in [3.05, 3.63) is 64.5 Å². The minimum Gasteiger partial charge on any atom is -0.368 e. The quantitative estimate of drug-likeness (QED) is 0.606. The summed E-state index contributed by atoms with van der Waals surface area (Å²) in [7, 11) is 0. The maximum Gasteiger partial charge on any atom is 0.256 e. The van der Waals surface area contributed by atoms with E-state index >= 15 is 0 Å². The molecule has 0 saturated carbocycles. The molecule has 1 aromatic heterocycles. The van der Waals surface area contributed by atoms with E-state index in [0.717, 1.165) is 61.5 Å². The van der Waals surface area contributed by atoms with Gasteiger partial charge in [-0.2, -0.15) is 0 Å². The Balaban J connectivity index is 1.21. The Bertz CT molecular complexity index is 1130. The predicted octanol–water partition coefficient (Wildman–Crippen LogP) is 5.01. The fourth-order valence-corrected chi connectivity index (χ4v) is 5.55. The SMILES string of the molecule is CC(C)=C1C(=O)Nc2ccc(CCN3CCN(c4csc5ccccc45)CC3)cc21. The predicted molar refractivity (Wildman–Crippen MR) is 128 cm³/mol. The Morgan fingerprint density at radius 3 is 2.67 bits per heavy atom. The highest BCUT2D eigenvalue weighted by Crippen LogP contribution is 2.35. The van der Waals surface area contributed by atoms with Crippen LogP contribution < -0.4 is 10.2 Å². The van der Waals surface area contributed by atoms with Crippen LogP contribution >= 0.6 is 11.3 Å². The normalized spacial score (nSPS) is 16.8. The number of nitrogens with zero attached hydrogens (tertiary/aromatic N) is 2. The number of carbonyl (C=O) groups is 1. The lowest BCUT2D eigenvalue weighted by molar-refractivity contribution is -0.110. The molecule has 0 atom stereocenters. The number of fused-ring (bicyclic) bond motifs is 2. The van der Waals surface area contributed by atoms with Crippen LogP contribution in [-0.2, 0) is 11.2 Å². The summed E-state index contributed by atoms with van der Waals surface area (Å²) in [6.45, 7) is 9.40. The van der Waals surface area contributed by atoms with E-state index in [1.54, 1.807) is 0 Å². The molecule has 1 amide bonds. The van der Waals surface area contributed by atoms with Gasteiger partial charge in [0.05, 0.1) is 5.69 Å². The summed E-state index contributed by atoms with van der Waals surface area (Å²) in [6, 6.07) is 15.1. The Kier molecular flexibility index (Phi) is 5.09. The number of nitrogens with one attached hydrogen (secondary N) is 1. The zero-order chi connectivity index (χ0) is 20.7. The number of benzene rings is 2. The van der Waals surface area contributed by atoms with Crippen LogP contribution in [0.2, 0.25) is 0 Å². The lowest BCUT2D eigenvalue weighted by Crippen LogP contribution is -2.46. The van der Waals surface area contributed by atoms with Crippen molar-refractivity contribution >= 4 is 44.3 Å². The zero-order valence-corrected chi connectivity index (χ0v) is 18.4. The number of anilines is 2. The minimum atomic E-state index is 0.0271. The lowest BCUT2D eigenvalue weighted by atomic mass is 9.99. The van der Waals surface area contributed by atoms with Crippen LogP contribution in [-0.4, -0.2) is 43.5 Å². The van der Waals surface area contributed by atoms with Crippen LogP contribution in [0.1, 0.15) is 25.0 Å². The number of carbonyl (C=O) groups excluding carboxylic acids is 1. The minimum absolute atomic E-state index is 0.0271. The van der Waals surface area contributed by atoms with Gasteiger partial charge in [-0.3, -0.25) is 9.69 Å². The number of rotatable bonds is 4. The maximum absolute atomic E-state index is 12.2. The van der Waals surface area contributed by atoms with E-state index in [9.17, 15) is 4.79 Å². The van der Waals surface area contributed by atoms with Gasteiger partial charge in [0.15, 0.2) is 0 Å². The molecule has 1 N–H and O–H groups in total. The molecule has 0 bridgehead atoms. The number of piperazine rings is 1. The van der Waals surface area contributed by atoms with Gasteiger partial charge in [-0.15, -0.1) is 11.3 Å². The van der Waals surface area contributed by atoms with Crippen molar-refractivity contribution in [2.45, 2.75) is 20.3 Å². The van der Waals surface area contributed by atoms with Crippen molar-refractivity contribution in [1.82, 2.24) is 4.90 Å². The molecule has 5 rings (SSSR count). The summed E-state index contributed by atoms with van der Waals surface area (Å²) < 4.78 is 1.37. The van der Waals surface area contributed by atoms with Crippen molar-refractivity contribution in [3.8, 4) is 0 Å². The molecule has 4 nitrogen and oxygen atoms in total. The molecular formula is C25H27N3OS. The third kappa shape index (κ3) is 3.53. The smallest absolute Gasteiger partial charge is 0.256 e. The van der Waals surface area contributed by atoms with Crippen LogP contribution in [0, 0.1) is 0 Å². The average Bonchev–Trinajstić information content (AvgIpc) is 3.32. The van der Waals surface area contributed by atoms with Gasteiger partial charge in [-0.25, -0.2) is 0 Å². The van der Waals surface area contributed by atoms with Crippen molar-refractivity contribution in [2.75, 3.05) is 42.9 Å². The molecule has 0 unspecified atom stereocenters. The van der Waals surface area contributed by atoms with Crippen molar-refractivity contribution in [2.24, 2.45) is 0 Å². The molecule has 154 valence electrons. The van der Waals surface area contributed by atoms with Crippen LogP contribution in [0.25, 0.3) is 15.7 Å². The Hall–Kier alpha value is -2.63. The van der Waals surface area contributed by atoms with Crippen LogP contribution in [0.4, 0.5) is 11.4 Å². The van der Waals surface area contributed by atoms with Crippen molar-refractivity contribution in [1.29, 1.82) is 0 Å². The summed E-state index contributed by atoms with van der Waals surface area (Å²) in [5.41, 5.74) is 6.60. The summed E-state index contributed by atoms with van der Waals surface area (Å²) in [6.07, 6.45) is 1.01. The second kappa shape index (κ2) is 7.89. The summed E-state index contributed by atoms with van der Waals surface area (Å²) in [5, 5.41) is 6.67. The van der Waals surface area contributed by atoms with Gasteiger partial charge >= 0.3 is 0 Å². The number of allylic oxidation sites excluding steroid dienone is 1. The average molecular weight is 418 g/mol. The monoisotopic (exact) mass is 417 g/mol. The first-order valence-corrected chi connectivity index (χ1v) is 11.5. The van der Waals surface area contributed by atoms with E-state index in [0.29, 0.717) is 0 Å². The highest BCUT2D eigenvalue weighted by molar-refractivity contribution is 7.17. The second-order valence-electron chi connectivity index (χ2n) is 8.40. The van der Waals surface area contributed by atoms with Gasteiger partial charge in [-0.1, -0.05) is 29.8 Å². The molecule has 2 aliphatic rings. The van der Waals surface area contributed by atoms with Gasteiger partial charge < -0.3 is 10.2 Å². The molecule has 5 heteroatoms. The summed E-state index contributed by atoms with van der Waals surface area (Å²) >= 11 is 1.84. The molecule has 3 aromatic rings. The van der Waals surface area contributed by atoms with Gasteiger partial charge in [0, 0.05) is 65.0 Å². The second-order valence-corrected chi connectivity index (χ2v) is 9.32. The van der Waals surface area contributed by atoms with Crippen LogP contribution in [0.5, 0.6) is 0 Å². The standard InChI is InChI=1S/C25H27N3OS/c1-17(2)24-20-15-18(7-8-21(20)26-25(24)29)9-10-27-11-13-28(14-12-27)22-16-30-23-6-4-3-5-19(22)23/h3-8,15-16H,9-14H2,1-2H3,(H,26,29). The number of thiophene rings is 1. The lowest BCUT2D eigenvalue weighted by Gasteiger charge is -2.36. The maximum atomic E-state index is 12.2. The fourth-order valence-electron chi connectivity index (χ4n) is 4.57. The fraction of sp³-hybridized carbons (Fsp3) is 0.320. The Labute approximate surface area is 181 Å². The first-order chi connectivity index (χ1) is 14.6. The van der Waals surface area contributed by atoms with Crippen LogP contribution in [0.3, 0.4) is 0 Å². The molecule has 1 fully saturated rings. The Morgan fingerprint density at radius 2 is 1.87 bits per heavy atom. The zero-order valence-electron chi connectivity index (χ0n) is 17.6. The largest absolute Gasteiger partial charge is 0.368 e. The van der Waals surface area contributed by atoms with E-state index < -0.39 is 0 Å². The van der Waals surface area contributed by atoms with E-state index in [4.69, 9.17) is 0 Å². The number of hydrogen-bond acceptors (Lipinski definition) is 4. The van der Waals surface area contributed by atoms with Gasteiger partial charge in [0.25, 0.3) is 5.91 Å². The Morgan fingerprint density at radius 1 is 1.07 bits per heavy atom. The third-order valence-corrected chi connectivity index (χ3v) is 7.17. The summed E-state index contributed by atoms with van der Waals surface area (Å²) in [4.78, 5) is 17.3. The van der Waals surface area contributed by atoms with Gasteiger partial charge in [0.1, 0.15) is 0 Å². The molecule has 30 heavy (non-hydrogen) atoms. The summed E-state index contributed by atoms with van der Waals surface area (Å²) in [5.74, 6) is 0.0271. The van der Waals surface area contributed by atoms with Crippen LogP contribution in [0.15, 0.2) is 53.4 Å². The topological polar surface area (TPSA) is 35.6 Å². The number of amides is 1. The molecule has 0 spiro atoms. The molecule has 1 saturated heterocycles. The first kappa shape index (κ1) is 19.3. The van der Waals surface area contributed by atoms with Crippen molar-refractivity contribution in [3.63, 3.8) is 0 Å². The number of hydrogen-bond donors (Lipinski definition) is 1. The van der Waals surface area contributed by atoms with E-state index in [1.165, 1.54) is 21.3 Å². The van der Waals surface area contributed by atoms with Gasteiger partial charge in [-0.05, 0) is 44.0 Å². The van der Waals surface area contributed by atoms with E-state index in [2.05, 4.69) is 63.0 Å². The molecule has 2 aromatic carbocycles. The van der Waals surface area contributed by atoms with Gasteiger partial charge in [0.2, 0.25) is 0 Å². The molecule has 0 aliphatic carbocycles. The van der Waals surface area contributed by atoms with E-state index in [-0.39, 0.29) is 5.91 Å². The molecule has 2 aliphatic heterocycles. The van der Waals surface area contributed by atoms with E-state index in [1.807, 2.05) is 25.2 Å². The third-order valence-electron chi connectivity index (χ3n) is 6.22.